The molecule has 0 spiro atoms. The molecule has 0 radical (unpaired) electrons. The molecule has 23 heavy (non-hydrogen) atoms. The van der Waals surface area contributed by atoms with Crippen LogP contribution in [0, 0.1) is 0 Å². The van der Waals surface area contributed by atoms with E-state index in [2.05, 4.69) is 25.9 Å². The monoisotopic (exact) mass is 381 g/mol. The topological polar surface area (TPSA) is 58.2 Å². The second-order valence-corrected chi connectivity index (χ2v) is 7.55. The lowest BCUT2D eigenvalue weighted by atomic mass is 10.2. The smallest absolute Gasteiger partial charge is 0.410 e. The molecule has 5 nitrogen and oxygen atoms in total. The predicted octanol–water partition coefficient (Wildman–Crippen LogP) is 5.03. The Bertz CT molecular complexity index is 691. The Kier molecular flexibility index (Phi) is 5.34. The van der Waals surface area contributed by atoms with E-state index in [0.29, 0.717) is 6.54 Å². The van der Waals surface area contributed by atoms with Crippen LogP contribution in [0.15, 0.2) is 22.7 Å². The Morgan fingerprint density at radius 1 is 1.43 bits per heavy atom. The first kappa shape index (κ1) is 17.8. The maximum absolute atomic E-state index is 12.5. The molecule has 1 aromatic heterocycles. The van der Waals surface area contributed by atoms with Gasteiger partial charge in [-0.3, -0.25) is 4.90 Å². The van der Waals surface area contributed by atoms with Gasteiger partial charge in [-0.15, -0.1) is 0 Å². The van der Waals surface area contributed by atoms with E-state index in [9.17, 15) is 4.79 Å². The fourth-order valence-electron chi connectivity index (χ4n) is 2.35. The molecule has 0 bridgehead atoms. The number of benzene rings is 1. The lowest BCUT2D eigenvalue weighted by molar-refractivity contribution is 0.0167. The number of halogens is 1. The maximum Gasteiger partial charge on any atom is 0.410 e. The van der Waals surface area contributed by atoms with Crippen molar-refractivity contribution >= 4 is 33.1 Å². The van der Waals surface area contributed by atoms with Gasteiger partial charge in [0.05, 0.1) is 17.1 Å². The molecule has 0 unspecified atom stereocenters. The highest BCUT2D eigenvalue weighted by molar-refractivity contribution is 9.10. The van der Waals surface area contributed by atoms with Gasteiger partial charge in [0.2, 0.25) is 0 Å². The standard InChI is InChI=1S/C17H24BrN3O2/c1-6-9-21(16(22)23-17(3,4)5)11(2)15-19-13-8-7-12(18)10-14(13)20-15/h7-8,10-11H,6,9H2,1-5H3,(H,19,20)/t11-/m0/s1. The summed E-state index contributed by atoms with van der Waals surface area (Å²) in [5.41, 5.74) is 1.32. The van der Waals surface area contributed by atoms with E-state index in [1.165, 1.54) is 0 Å². The van der Waals surface area contributed by atoms with Crippen molar-refractivity contribution < 1.29 is 9.53 Å². The van der Waals surface area contributed by atoms with Crippen molar-refractivity contribution in [2.24, 2.45) is 0 Å². The van der Waals surface area contributed by atoms with E-state index in [-0.39, 0.29) is 12.1 Å². The number of ether oxygens (including phenoxy) is 1. The number of fused-ring (bicyclic) bond motifs is 1. The van der Waals surface area contributed by atoms with Crippen molar-refractivity contribution in [2.45, 2.75) is 52.7 Å². The van der Waals surface area contributed by atoms with E-state index >= 15 is 0 Å². The number of rotatable bonds is 4. The summed E-state index contributed by atoms with van der Waals surface area (Å²) in [6, 6.07) is 5.70. The SMILES string of the molecule is CCCN(C(=O)OC(C)(C)C)[C@@H](C)c1nc2ccc(Br)cc2[nH]1. The molecule has 1 heterocycles. The van der Waals surface area contributed by atoms with Gasteiger partial charge in [0.25, 0.3) is 0 Å². The van der Waals surface area contributed by atoms with Crippen molar-refractivity contribution in [3.8, 4) is 0 Å². The van der Waals surface area contributed by atoms with Gasteiger partial charge < -0.3 is 9.72 Å². The van der Waals surface area contributed by atoms with Gasteiger partial charge in [-0.1, -0.05) is 22.9 Å². The first-order chi connectivity index (χ1) is 10.7. The van der Waals surface area contributed by atoms with Gasteiger partial charge in [-0.25, -0.2) is 9.78 Å². The number of aromatic amines is 1. The number of carbonyl (C=O) groups excluding carboxylic acids is 1. The molecule has 0 aliphatic heterocycles. The third-order valence-electron chi connectivity index (χ3n) is 3.42. The molecule has 0 fully saturated rings. The second kappa shape index (κ2) is 6.91. The number of aromatic nitrogens is 2. The number of nitrogens with zero attached hydrogens (tertiary/aromatic N) is 2. The Balaban J connectivity index is 2.28. The van der Waals surface area contributed by atoms with Gasteiger partial charge >= 0.3 is 6.09 Å². The first-order valence-electron chi connectivity index (χ1n) is 7.86. The molecule has 0 saturated heterocycles. The molecule has 1 N–H and O–H groups in total. The minimum Gasteiger partial charge on any atom is -0.444 e. The van der Waals surface area contributed by atoms with E-state index in [4.69, 9.17) is 4.74 Å². The molecule has 6 heteroatoms. The fraction of sp³-hybridized carbons (Fsp3) is 0.529. The molecule has 0 saturated carbocycles. The van der Waals surface area contributed by atoms with Crippen LogP contribution < -0.4 is 0 Å². The number of nitrogens with one attached hydrogen (secondary N) is 1. The number of hydrogen-bond donors (Lipinski definition) is 1. The number of H-pyrrole nitrogens is 1. The Labute approximate surface area is 145 Å². The van der Waals surface area contributed by atoms with Crippen LogP contribution in [0.25, 0.3) is 11.0 Å². The molecule has 1 aromatic carbocycles. The van der Waals surface area contributed by atoms with Crippen LogP contribution in [0.3, 0.4) is 0 Å². The maximum atomic E-state index is 12.5. The minimum absolute atomic E-state index is 0.184. The van der Waals surface area contributed by atoms with Crippen LogP contribution in [-0.2, 0) is 4.74 Å². The van der Waals surface area contributed by atoms with Crippen LogP contribution in [0.5, 0.6) is 0 Å². The van der Waals surface area contributed by atoms with Gasteiger partial charge in [0.15, 0.2) is 0 Å². The average Bonchev–Trinajstić information content (AvgIpc) is 2.85. The first-order valence-corrected chi connectivity index (χ1v) is 8.65. The van der Waals surface area contributed by atoms with Crippen molar-refractivity contribution in [1.29, 1.82) is 0 Å². The fourth-order valence-corrected chi connectivity index (χ4v) is 2.71. The lowest BCUT2D eigenvalue weighted by Crippen LogP contribution is -2.39. The van der Waals surface area contributed by atoms with E-state index in [1.807, 2.05) is 52.8 Å². The molecular weight excluding hydrogens is 358 g/mol. The van der Waals surface area contributed by atoms with Crippen molar-refractivity contribution in [3.05, 3.63) is 28.5 Å². The van der Waals surface area contributed by atoms with Gasteiger partial charge in [0.1, 0.15) is 11.4 Å². The quantitative estimate of drug-likeness (QED) is 0.807. The largest absolute Gasteiger partial charge is 0.444 e. The average molecular weight is 382 g/mol. The summed E-state index contributed by atoms with van der Waals surface area (Å²) in [7, 11) is 0. The molecule has 2 aromatic rings. The molecule has 2 rings (SSSR count). The number of amides is 1. The van der Waals surface area contributed by atoms with Crippen LogP contribution in [0.2, 0.25) is 0 Å². The predicted molar refractivity (Wildman–Crippen MR) is 95.4 cm³/mol. The zero-order valence-corrected chi connectivity index (χ0v) is 15.9. The highest BCUT2D eigenvalue weighted by Crippen LogP contribution is 2.25. The summed E-state index contributed by atoms with van der Waals surface area (Å²) >= 11 is 3.46. The van der Waals surface area contributed by atoms with Crippen molar-refractivity contribution in [1.82, 2.24) is 14.9 Å². The normalized spacial score (nSPS) is 13.1. The molecule has 0 aliphatic carbocycles. The van der Waals surface area contributed by atoms with Gasteiger partial charge in [-0.2, -0.15) is 0 Å². The summed E-state index contributed by atoms with van der Waals surface area (Å²) < 4.78 is 6.52. The number of imidazole rings is 1. The zero-order valence-electron chi connectivity index (χ0n) is 14.3. The molecule has 0 aliphatic rings. The van der Waals surface area contributed by atoms with Crippen LogP contribution in [0.4, 0.5) is 4.79 Å². The molecule has 126 valence electrons. The minimum atomic E-state index is -0.512. The van der Waals surface area contributed by atoms with Crippen LogP contribution >= 0.6 is 15.9 Å². The van der Waals surface area contributed by atoms with Gasteiger partial charge in [0, 0.05) is 11.0 Å². The van der Waals surface area contributed by atoms with Crippen LogP contribution in [-0.4, -0.2) is 33.1 Å². The molecule has 1 atom stereocenters. The summed E-state index contributed by atoms with van der Waals surface area (Å²) in [6.07, 6.45) is 0.545. The Hall–Kier alpha value is -1.56. The van der Waals surface area contributed by atoms with E-state index in [0.717, 1.165) is 27.8 Å². The summed E-state index contributed by atoms with van der Waals surface area (Å²) in [5.74, 6) is 0.761. The third-order valence-corrected chi connectivity index (χ3v) is 3.91. The molecule has 1 amide bonds. The summed E-state index contributed by atoms with van der Waals surface area (Å²) in [6.45, 7) is 10.2. The Morgan fingerprint density at radius 3 is 2.74 bits per heavy atom. The van der Waals surface area contributed by atoms with Crippen molar-refractivity contribution in [3.63, 3.8) is 0 Å². The summed E-state index contributed by atoms with van der Waals surface area (Å²) in [5, 5.41) is 0. The van der Waals surface area contributed by atoms with Gasteiger partial charge in [-0.05, 0) is 52.3 Å². The second-order valence-electron chi connectivity index (χ2n) is 6.63. The molecular formula is C17H24BrN3O2. The number of hydrogen-bond acceptors (Lipinski definition) is 3. The number of carbonyl (C=O) groups is 1. The zero-order chi connectivity index (χ0) is 17.2. The van der Waals surface area contributed by atoms with Crippen molar-refractivity contribution in [2.75, 3.05) is 6.54 Å². The third kappa shape index (κ3) is 4.47. The highest BCUT2D eigenvalue weighted by Gasteiger charge is 2.27. The van der Waals surface area contributed by atoms with E-state index < -0.39 is 5.60 Å². The highest BCUT2D eigenvalue weighted by atomic mass is 79.9. The Morgan fingerprint density at radius 2 is 2.13 bits per heavy atom. The van der Waals surface area contributed by atoms with Crippen LogP contribution in [0.1, 0.15) is 52.9 Å². The summed E-state index contributed by atoms with van der Waals surface area (Å²) in [4.78, 5) is 22.1. The lowest BCUT2D eigenvalue weighted by Gasteiger charge is -2.30. The van der Waals surface area contributed by atoms with E-state index in [1.54, 1.807) is 4.90 Å².